The number of aldehydes is 1. The fraction of sp³-hybridized carbons (Fsp3) is 0.700. The van der Waals surface area contributed by atoms with Crippen LogP contribution in [0, 0.1) is 29.1 Å². The third-order valence-electron chi connectivity index (χ3n) is 6.51. The van der Waals surface area contributed by atoms with Crippen molar-refractivity contribution in [3.8, 4) is 0 Å². The topological polar surface area (TPSA) is 34.1 Å². The molecule has 22 heavy (non-hydrogen) atoms. The second kappa shape index (κ2) is 5.47. The van der Waals surface area contributed by atoms with Gasteiger partial charge in [0.2, 0.25) is 0 Å². The number of allylic oxidation sites excluding steroid dienone is 4. The average Bonchev–Trinajstić information content (AvgIpc) is 2.88. The van der Waals surface area contributed by atoms with Crippen LogP contribution in [0.15, 0.2) is 22.8 Å². The smallest absolute Gasteiger partial charge is 0.146 e. The number of hydrogen-bond donors (Lipinski definition) is 0. The fourth-order valence-corrected chi connectivity index (χ4v) is 5.24. The lowest BCUT2D eigenvalue weighted by Gasteiger charge is -2.37. The SMILES string of the molecule is CC(C)C1=C2C/C=C(/C=O)[C@@H]3C(=O)C[C@@H](C)[C@H]3C[C@]2(C)CC1. The van der Waals surface area contributed by atoms with Crippen molar-refractivity contribution < 1.29 is 9.59 Å². The van der Waals surface area contributed by atoms with E-state index in [0.29, 0.717) is 24.2 Å². The average molecular weight is 300 g/mol. The van der Waals surface area contributed by atoms with Gasteiger partial charge in [0.05, 0.1) is 0 Å². The Hall–Kier alpha value is -1.18. The number of carbonyl (C=O) groups is 2. The Morgan fingerprint density at radius 1 is 1.36 bits per heavy atom. The molecule has 0 aromatic rings. The predicted molar refractivity (Wildman–Crippen MR) is 88.4 cm³/mol. The van der Waals surface area contributed by atoms with Crippen LogP contribution in [0.1, 0.15) is 59.8 Å². The Kier molecular flexibility index (Phi) is 3.91. The molecule has 2 nitrogen and oxygen atoms in total. The Bertz CT molecular complexity index is 566. The Balaban J connectivity index is 2.08. The Morgan fingerprint density at radius 2 is 2.09 bits per heavy atom. The van der Waals surface area contributed by atoms with Gasteiger partial charge in [-0.25, -0.2) is 0 Å². The first-order chi connectivity index (χ1) is 10.4. The van der Waals surface area contributed by atoms with E-state index in [2.05, 4.69) is 33.8 Å². The minimum Gasteiger partial charge on any atom is -0.299 e. The Labute approximate surface area is 134 Å². The van der Waals surface area contributed by atoms with E-state index in [1.807, 2.05) is 0 Å². The van der Waals surface area contributed by atoms with Gasteiger partial charge < -0.3 is 0 Å². The first-order valence-corrected chi connectivity index (χ1v) is 8.77. The fourth-order valence-electron chi connectivity index (χ4n) is 5.24. The number of hydrogen-bond acceptors (Lipinski definition) is 2. The molecular weight excluding hydrogens is 272 g/mol. The van der Waals surface area contributed by atoms with Gasteiger partial charge in [-0.15, -0.1) is 0 Å². The molecule has 0 unspecified atom stereocenters. The van der Waals surface area contributed by atoms with Crippen LogP contribution in [0.5, 0.6) is 0 Å². The van der Waals surface area contributed by atoms with Crippen molar-refractivity contribution in [1.82, 2.24) is 0 Å². The lowest BCUT2D eigenvalue weighted by Crippen LogP contribution is -2.29. The molecule has 0 radical (unpaired) electrons. The molecule has 0 bridgehead atoms. The van der Waals surface area contributed by atoms with Gasteiger partial charge in [-0.2, -0.15) is 0 Å². The molecule has 0 heterocycles. The number of rotatable bonds is 2. The lowest BCUT2D eigenvalue weighted by molar-refractivity contribution is -0.121. The van der Waals surface area contributed by atoms with E-state index < -0.39 is 0 Å². The van der Waals surface area contributed by atoms with Gasteiger partial charge in [-0.3, -0.25) is 9.59 Å². The van der Waals surface area contributed by atoms with Gasteiger partial charge in [0, 0.05) is 12.3 Å². The molecule has 0 saturated heterocycles. The van der Waals surface area contributed by atoms with Crippen LogP contribution in [0.25, 0.3) is 0 Å². The highest BCUT2D eigenvalue weighted by Gasteiger charge is 2.48. The molecule has 0 N–H and O–H groups in total. The highest BCUT2D eigenvalue weighted by Crippen LogP contribution is 2.55. The van der Waals surface area contributed by atoms with Gasteiger partial charge in [-0.05, 0) is 54.4 Å². The molecule has 1 saturated carbocycles. The summed E-state index contributed by atoms with van der Waals surface area (Å²) in [5.74, 6) is 1.49. The maximum atomic E-state index is 12.4. The van der Waals surface area contributed by atoms with Gasteiger partial charge in [0.15, 0.2) is 0 Å². The molecule has 3 rings (SSSR count). The molecule has 0 amide bonds. The van der Waals surface area contributed by atoms with E-state index in [4.69, 9.17) is 0 Å². The van der Waals surface area contributed by atoms with E-state index in [0.717, 1.165) is 24.7 Å². The second-order valence-corrected chi connectivity index (χ2v) is 8.24. The van der Waals surface area contributed by atoms with Crippen LogP contribution in [0.2, 0.25) is 0 Å². The molecule has 0 aliphatic heterocycles. The summed E-state index contributed by atoms with van der Waals surface area (Å²) in [5, 5.41) is 0. The van der Waals surface area contributed by atoms with Gasteiger partial charge in [-0.1, -0.05) is 44.9 Å². The zero-order chi connectivity index (χ0) is 16.1. The van der Waals surface area contributed by atoms with E-state index in [1.54, 1.807) is 11.1 Å². The van der Waals surface area contributed by atoms with Crippen molar-refractivity contribution in [1.29, 1.82) is 0 Å². The van der Waals surface area contributed by atoms with Gasteiger partial charge in [0.1, 0.15) is 12.1 Å². The summed E-state index contributed by atoms with van der Waals surface area (Å²) < 4.78 is 0. The summed E-state index contributed by atoms with van der Waals surface area (Å²) in [7, 11) is 0. The van der Waals surface area contributed by atoms with Crippen LogP contribution in [0.4, 0.5) is 0 Å². The summed E-state index contributed by atoms with van der Waals surface area (Å²) >= 11 is 0. The molecule has 1 fully saturated rings. The molecule has 3 aliphatic rings. The zero-order valence-electron chi connectivity index (χ0n) is 14.3. The minimum absolute atomic E-state index is 0.131. The van der Waals surface area contributed by atoms with E-state index in [1.165, 1.54) is 12.8 Å². The standard InChI is InChI=1S/C20H28O2/c1-12(2)15-7-8-20(4)10-16-13(3)9-18(22)19(16)14(11-21)5-6-17(15)20/h5,11-13,16,19H,6-10H2,1-4H3/b14-5-/t13-,16-,19+,20+/m1/s1. The third kappa shape index (κ3) is 2.31. The highest BCUT2D eigenvalue weighted by atomic mass is 16.1. The molecule has 0 spiro atoms. The third-order valence-corrected chi connectivity index (χ3v) is 6.51. The summed E-state index contributed by atoms with van der Waals surface area (Å²) in [6, 6.07) is 0. The number of Topliss-reactive ketones (excluding diaryl/α,β-unsaturated/α-hetero) is 1. The first kappa shape index (κ1) is 15.7. The lowest BCUT2D eigenvalue weighted by atomic mass is 9.67. The summed E-state index contributed by atoms with van der Waals surface area (Å²) in [6.45, 7) is 9.14. The minimum atomic E-state index is -0.131. The van der Waals surface area contributed by atoms with Crippen molar-refractivity contribution in [2.75, 3.05) is 0 Å². The largest absolute Gasteiger partial charge is 0.299 e. The van der Waals surface area contributed by atoms with Crippen molar-refractivity contribution in [2.24, 2.45) is 29.1 Å². The Morgan fingerprint density at radius 3 is 2.73 bits per heavy atom. The van der Waals surface area contributed by atoms with Crippen molar-refractivity contribution >= 4 is 12.1 Å². The highest BCUT2D eigenvalue weighted by molar-refractivity contribution is 5.93. The maximum absolute atomic E-state index is 12.4. The second-order valence-electron chi connectivity index (χ2n) is 8.24. The number of carbonyl (C=O) groups excluding carboxylic acids is 2. The van der Waals surface area contributed by atoms with Crippen LogP contribution < -0.4 is 0 Å². The number of ketones is 1. The molecular formula is C20H28O2. The molecule has 3 aliphatic carbocycles. The molecule has 2 heteroatoms. The monoisotopic (exact) mass is 300 g/mol. The van der Waals surface area contributed by atoms with Crippen molar-refractivity contribution in [2.45, 2.75) is 59.8 Å². The molecule has 0 aromatic heterocycles. The summed E-state index contributed by atoms with van der Waals surface area (Å²) in [5.41, 5.74) is 4.14. The number of fused-ring (bicyclic) bond motifs is 2. The quantitative estimate of drug-likeness (QED) is 0.556. The van der Waals surface area contributed by atoms with Crippen LogP contribution >= 0.6 is 0 Å². The van der Waals surface area contributed by atoms with E-state index in [-0.39, 0.29) is 17.1 Å². The predicted octanol–water partition coefficient (Wildman–Crippen LogP) is 4.50. The van der Waals surface area contributed by atoms with Gasteiger partial charge in [0.25, 0.3) is 0 Å². The van der Waals surface area contributed by atoms with Crippen LogP contribution in [-0.4, -0.2) is 12.1 Å². The summed E-state index contributed by atoms with van der Waals surface area (Å²) in [6.07, 6.45) is 8.00. The maximum Gasteiger partial charge on any atom is 0.146 e. The first-order valence-electron chi connectivity index (χ1n) is 8.77. The molecule has 120 valence electrons. The van der Waals surface area contributed by atoms with E-state index in [9.17, 15) is 9.59 Å². The van der Waals surface area contributed by atoms with Crippen LogP contribution in [0.3, 0.4) is 0 Å². The zero-order valence-corrected chi connectivity index (χ0v) is 14.3. The molecule has 0 aromatic carbocycles. The van der Waals surface area contributed by atoms with E-state index >= 15 is 0 Å². The van der Waals surface area contributed by atoms with Crippen LogP contribution in [-0.2, 0) is 9.59 Å². The van der Waals surface area contributed by atoms with Gasteiger partial charge >= 0.3 is 0 Å². The van der Waals surface area contributed by atoms with Crippen molar-refractivity contribution in [3.05, 3.63) is 22.8 Å². The molecule has 4 atom stereocenters. The van der Waals surface area contributed by atoms with Crippen molar-refractivity contribution in [3.63, 3.8) is 0 Å². The normalized spacial score (nSPS) is 40.9. The summed E-state index contributed by atoms with van der Waals surface area (Å²) in [4.78, 5) is 24.0.